The first kappa shape index (κ1) is 20.8. The molecule has 3 amide bonds. The zero-order valence-corrected chi connectivity index (χ0v) is 17.6. The number of nitrogens with zero attached hydrogens (tertiary/aromatic N) is 3. The number of piperidine rings is 1. The molecule has 1 aromatic heterocycles. The monoisotopic (exact) mass is 421 g/mol. The van der Waals surface area contributed by atoms with Gasteiger partial charge < -0.3 is 20.4 Å². The molecule has 1 spiro atoms. The van der Waals surface area contributed by atoms with Crippen LogP contribution in [0.4, 0.5) is 11.4 Å². The number of hydrogen-bond donors (Lipinski definition) is 2. The lowest BCUT2D eigenvalue weighted by Crippen LogP contribution is -2.59. The number of fused-ring (bicyclic) bond motifs is 1. The molecule has 4 rings (SSSR count). The van der Waals surface area contributed by atoms with E-state index >= 15 is 0 Å². The Morgan fingerprint density at radius 3 is 2.61 bits per heavy atom. The van der Waals surface area contributed by atoms with E-state index in [-0.39, 0.29) is 36.2 Å². The van der Waals surface area contributed by atoms with Gasteiger partial charge in [-0.05, 0) is 37.1 Å². The number of aromatic nitrogens is 1. The second-order valence-electron chi connectivity index (χ2n) is 8.16. The largest absolute Gasteiger partial charge is 0.376 e. The number of para-hydroxylation sites is 2. The summed E-state index contributed by atoms with van der Waals surface area (Å²) in [6.45, 7) is 3.72. The fourth-order valence-electron chi connectivity index (χ4n) is 4.32. The number of anilines is 2. The minimum Gasteiger partial charge on any atom is -0.376 e. The predicted octanol–water partition coefficient (Wildman–Crippen LogP) is 2.04. The molecule has 8 nitrogen and oxygen atoms in total. The second kappa shape index (κ2) is 8.75. The molecule has 0 radical (unpaired) electrons. The molecule has 2 aliphatic rings. The lowest BCUT2D eigenvalue weighted by molar-refractivity contribution is -0.132. The van der Waals surface area contributed by atoms with E-state index in [1.54, 1.807) is 25.3 Å². The van der Waals surface area contributed by atoms with Gasteiger partial charge in [-0.25, -0.2) is 0 Å². The van der Waals surface area contributed by atoms with Gasteiger partial charge >= 0.3 is 0 Å². The third-order valence-electron chi connectivity index (χ3n) is 6.06. The molecule has 1 aromatic carbocycles. The van der Waals surface area contributed by atoms with Crippen LogP contribution < -0.4 is 15.5 Å². The van der Waals surface area contributed by atoms with E-state index in [0.29, 0.717) is 25.2 Å². The number of rotatable bonds is 4. The number of likely N-dealkylation sites (tertiary alicyclic amines) is 1. The van der Waals surface area contributed by atoms with Crippen LogP contribution in [0.1, 0.15) is 36.5 Å². The van der Waals surface area contributed by atoms with Gasteiger partial charge in [0.2, 0.25) is 11.8 Å². The zero-order chi connectivity index (χ0) is 21.8. The van der Waals surface area contributed by atoms with E-state index in [2.05, 4.69) is 15.6 Å². The van der Waals surface area contributed by atoms with Crippen molar-refractivity contribution >= 4 is 29.1 Å². The number of carbonyl (C=O) groups excluding carboxylic acids is 3. The van der Waals surface area contributed by atoms with Gasteiger partial charge in [-0.3, -0.25) is 19.4 Å². The molecule has 0 atom stereocenters. The molecule has 1 fully saturated rings. The molecule has 1 saturated heterocycles. The summed E-state index contributed by atoms with van der Waals surface area (Å²) in [4.78, 5) is 44.5. The summed E-state index contributed by atoms with van der Waals surface area (Å²) in [7, 11) is 0. The summed E-state index contributed by atoms with van der Waals surface area (Å²) in [6, 6.07) is 11.2. The first-order valence-corrected chi connectivity index (χ1v) is 10.6. The van der Waals surface area contributed by atoms with Crippen LogP contribution in [0.5, 0.6) is 0 Å². The Labute approximate surface area is 181 Å². The maximum absolute atomic E-state index is 12.6. The van der Waals surface area contributed by atoms with Crippen LogP contribution in [0.2, 0.25) is 0 Å². The Morgan fingerprint density at radius 2 is 1.90 bits per heavy atom. The van der Waals surface area contributed by atoms with Crippen LogP contribution in [0.15, 0.2) is 48.8 Å². The number of hydrogen-bond acceptors (Lipinski definition) is 5. The molecule has 8 heteroatoms. The third kappa shape index (κ3) is 4.52. The molecule has 2 aromatic rings. The Morgan fingerprint density at radius 1 is 1.13 bits per heavy atom. The Bertz CT molecular complexity index is 970. The molecule has 0 saturated carbocycles. The van der Waals surface area contributed by atoms with Gasteiger partial charge in [-0.15, -0.1) is 0 Å². The number of carbonyl (C=O) groups is 3. The van der Waals surface area contributed by atoms with E-state index < -0.39 is 0 Å². The van der Waals surface area contributed by atoms with Crippen molar-refractivity contribution in [2.24, 2.45) is 0 Å². The van der Waals surface area contributed by atoms with Crippen molar-refractivity contribution in [1.82, 2.24) is 15.2 Å². The lowest BCUT2D eigenvalue weighted by atomic mass is 9.84. The highest BCUT2D eigenvalue weighted by Gasteiger charge is 2.41. The molecule has 0 aliphatic carbocycles. The van der Waals surface area contributed by atoms with Crippen LogP contribution in [0.25, 0.3) is 0 Å². The maximum Gasteiger partial charge on any atom is 0.252 e. The van der Waals surface area contributed by atoms with Gasteiger partial charge in [0.05, 0.1) is 22.5 Å². The maximum atomic E-state index is 12.6. The molecule has 0 bridgehead atoms. The number of amides is 3. The van der Waals surface area contributed by atoms with Crippen molar-refractivity contribution in [3.05, 3.63) is 54.4 Å². The zero-order valence-electron chi connectivity index (χ0n) is 17.6. The fraction of sp³-hybridized carbons (Fsp3) is 0.391. The molecule has 2 aliphatic heterocycles. The summed E-state index contributed by atoms with van der Waals surface area (Å²) in [5.41, 5.74) is 2.12. The summed E-state index contributed by atoms with van der Waals surface area (Å²) in [5.74, 6) is -0.176. The molecule has 162 valence electrons. The quantitative estimate of drug-likeness (QED) is 0.788. The van der Waals surface area contributed by atoms with E-state index in [9.17, 15) is 14.4 Å². The second-order valence-corrected chi connectivity index (χ2v) is 8.16. The van der Waals surface area contributed by atoms with Crippen LogP contribution in [-0.2, 0) is 9.59 Å². The van der Waals surface area contributed by atoms with Crippen molar-refractivity contribution in [3.63, 3.8) is 0 Å². The van der Waals surface area contributed by atoms with Crippen LogP contribution in [0.3, 0.4) is 0 Å². The highest BCUT2D eigenvalue weighted by Crippen LogP contribution is 2.39. The third-order valence-corrected chi connectivity index (χ3v) is 6.06. The minimum atomic E-state index is -0.231. The van der Waals surface area contributed by atoms with E-state index in [0.717, 1.165) is 24.2 Å². The molecule has 2 N–H and O–H groups in total. The SMILES string of the molecule is CC(=O)N1CC2(CCN(C(=O)CCNC(=O)c3cccnc3)CC2)Nc2ccccc21. The first-order chi connectivity index (χ1) is 15.0. The Balaban J connectivity index is 1.31. The number of nitrogens with one attached hydrogen (secondary N) is 2. The smallest absolute Gasteiger partial charge is 0.252 e. The van der Waals surface area contributed by atoms with Crippen LogP contribution >= 0.6 is 0 Å². The van der Waals surface area contributed by atoms with Gasteiger partial charge in [0.25, 0.3) is 5.91 Å². The van der Waals surface area contributed by atoms with Gasteiger partial charge in [0.1, 0.15) is 0 Å². The molecule has 0 unspecified atom stereocenters. The topological polar surface area (TPSA) is 94.6 Å². The summed E-state index contributed by atoms with van der Waals surface area (Å²) in [5, 5.41) is 6.41. The Hall–Kier alpha value is -3.42. The minimum absolute atomic E-state index is 0.0242. The van der Waals surface area contributed by atoms with Gasteiger partial charge in [-0.2, -0.15) is 0 Å². The van der Waals surface area contributed by atoms with E-state index in [1.807, 2.05) is 34.1 Å². The van der Waals surface area contributed by atoms with Crippen LogP contribution in [-0.4, -0.2) is 59.3 Å². The summed E-state index contributed by atoms with van der Waals surface area (Å²) in [6.07, 6.45) is 4.90. The van der Waals surface area contributed by atoms with Crippen LogP contribution in [0, 0.1) is 0 Å². The highest BCUT2D eigenvalue weighted by atomic mass is 16.2. The molecular weight excluding hydrogens is 394 g/mol. The number of pyridine rings is 1. The van der Waals surface area contributed by atoms with Crippen molar-refractivity contribution < 1.29 is 14.4 Å². The molecule has 3 heterocycles. The fourth-order valence-corrected chi connectivity index (χ4v) is 4.32. The van der Waals surface area contributed by atoms with Crippen molar-refractivity contribution in [1.29, 1.82) is 0 Å². The van der Waals surface area contributed by atoms with E-state index in [1.165, 1.54) is 6.20 Å². The molecule has 31 heavy (non-hydrogen) atoms. The first-order valence-electron chi connectivity index (χ1n) is 10.6. The van der Waals surface area contributed by atoms with Gasteiger partial charge in [0, 0.05) is 51.9 Å². The lowest BCUT2D eigenvalue weighted by Gasteiger charge is -2.49. The molecular formula is C23H27N5O3. The summed E-state index contributed by atoms with van der Waals surface area (Å²) < 4.78 is 0. The van der Waals surface area contributed by atoms with Gasteiger partial charge in [-0.1, -0.05) is 12.1 Å². The standard InChI is InChI=1S/C23H27N5O3/c1-17(29)28-16-23(26-19-6-2-3-7-20(19)28)9-13-27(14-10-23)21(30)8-12-25-22(31)18-5-4-11-24-15-18/h2-7,11,15,26H,8-10,12-14,16H2,1H3,(H,25,31). The predicted molar refractivity (Wildman–Crippen MR) is 118 cm³/mol. The van der Waals surface area contributed by atoms with E-state index in [4.69, 9.17) is 0 Å². The van der Waals surface area contributed by atoms with Crippen molar-refractivity contribution in [2.75, 3.05) is 36.4 Å². The average Bonchev–Trinajstić information content (AvgIpc) is 2.79. The highest BCUT2D eigenvalue weighted by molar-refractivity contribution is 5.97. The average molecular weight is 422 g/mol. The Kier molecular flexibility index (Phi) is 5.88. The summed E-state index contributed by atoms with van der Waals surface area (Å²) >= 11 is 0. The van der Waals surface area contributed by atoms with Gasteiger partial charge in [0.15, 0.2) is 0 Å². The van der Waals surface area contributed by atoms with Crippen molar-refractivity contribution in [3.8, 4) is 0 Å². The normalized spacial score (nSPS) is 16.9. The number of benzene rings is 1. The van der Waals surface area contributed by atoms with Crippen molar-refractivity contribution in [2.45, 2.75) is 31.7 Å².